The molecule has 3 aromatic carbocycles. The molecule has 14 nitrogen and oxygen atoms in total. The Hall–Kier alpha value is -4.96. The standard InChI is InChI=1S/C40H53N7O7S/c1-27-21-47(28(2)25-48)40(50)33-20-32(44-55(51,52)38-24-46(5)26-42-38)17-18-36(33)54-29(3)10-8-9-19-53-37(27)23-45(4)22-30-13-15-31(16-14-30)39(49)43-35-12-7-6-11-34(35)41/h6-7,11-18,20,24,26-29,37,44,48H,8-10,19,21-23,25,41H2,1-5H3,(H,43,49)/t27-,28+,29+,37+/m0/s1. The number of aryl methyl sites for hydroxylation is 1. The number of nitrogens with one attached hydrogen (secondary N) is 2. The zero-order chi connectivity index (χ0) is 39.7. The predicted molar refractivity (Wildman–Crippen MR) is 212 cm³/mol. The number of nitrogen functional groups attached to an aromatic ring is 1. The number of hydrogen-bond donors (Lipinski definition) is 4. The van der Waals surface area contributed by atoms with Crippen LogP contribution in [0.2, 0.25) is 0 Å². The van der Waals surface area contributed by atoms with E-state index in [1.807, 2.05) is 45.2 Å². The fourth-order valence-electron chi connectivity index (χ4n) is 6.43. The first-order chi connectivity index (χ1) is 26.2. The summed E-state index contributed by atoms with van der Waals surface area (Å²) in [5, 5.41) is 13.0. The quantitative estimate of drug-likeness (QED) is 0.152. The number of anilines is 3. The van der Waals surface area contributed by atoms with Crippen LogP contribution in [0.15, 0.2) is 84.3 Å². The number of ether oxygens (including phenoxy) is 2. The molecule has 5 rings (SSSR count). The molecule has 2 amide bonds. The van der Waals surface area contributed by atoms with Gasteiger partial charge in [0.1, 0.15) is 5.75 Å². The van der Waals surface area contributed by atoms with Crippen LogP contribution in [0.25, 0.3) is 0 Å². The first kappa shape index (κ1) is 41.2. The maximum atomic E-state index is 14.5. The number of rotatable bonds is 11. The molecule has 0 saturated carbocycles. The summed E-state index contributed by atoms with van der Waals surface area (Å²) in [4.78, 5) is 35.0. The van der Waals surface area contributed by atoms with Crippen LogP contribution < -0.4 is 20.5 Å². The molecule has 5 N–H and O–H groups in total. The zero-order valence-corrected chi connectivity index (χ0v) is 33.0. The first-order valence-electron chi connectivity index (χ1n) is 18.5. The van der Waals surface area contributed by atoms with Gasteiger partial charge in [-0.3, -0.25) is 19.2 Å². The molecule has 0 fully saturated rings. The van der Waals surface area contributed by atoms with E-state index in [9.17, 15) is 23.1 Å². The van der Waals surface area contributed by atoms with Gasteiger partial charge in [0.25, 0.3) is 21.8 Å². The van der Waals surface area contributed by atoms with E-state index in [1.54, 1.807) is 55.3 Å². The van der Waals surface area contributed by atoms with Crippen molar-refractivity contribution in [3.05, 3.63) is 95.9 Å². The van der Waals surface area contributed by atoms with Gasteiger partial charge in [-0.1, -0.05) is 31.2 Å². The Labute approximate surface area is 323 Å². The van der Waals surface area contributed by atoms with Crippen molar-refractivity contribution in [2.75, 3.05) is 49.1 Å². The van der Waals surface area contributed by atoms with Gasteiger partial charge in [-0.25, -0.2) is 4.98 Å². The summed E-state index contributed by atoms with van der Waals surface area (Å²) in [6.07, 6.45) is 4.66. The third-order valence-electron chi connectivity index (χ3n) is 9.63. The average Bonchev–Trinajstić information content (AvgIpc) is 3.61. The van der Waals surface area contributed by atoms with Crippen LogP contribution in [0.4, 0.5) is 17.1 Å². The number of fused-ring (bicyclic) bond motifs is 1. The molecule has 296 valence electrons. The predicted octanol–water partition coefficient (Wildman–Crippen LogP) is 4.98. The van der Waals surface area contributed by atoms with Crippen molar-refractivity contribution >= 4 is 38.9 Å². The second-order valence-corrected chi connectivity index (χ2v) is 16.1. The van der Waals surface area contributed by atoms with E-state index >= 15 is 0 Å². The van der Waals surface area contributed by atoms with Gasteiger partial charge in [0.2, 0.25) is 0 Å². The highest BCUT2D eigenvalue weighted by atomic mass is 32.2. The summed E-state index contributed by atoms with van der Waals surface area (Å²) in [5.41, 5.74) is 8.92. The number of imidazole rings is 1. The maximum Gasteiger partial charge on any atom is 0.280 e. The number of aliphatic hydroxyl groups excluding tert-OH is 1. The van der Waals surface area contributed by atoms with Crippen molar-refractivity contribution < 1.29 is 32.6 Å². The highest BCUT2D eigenvalue weighted by Gasteiger charge is 2.31. The van der Waals surface area contributed by atoms with Gasteiger partial charge in [-0.15, -0.1) is 0 Å². The summed E-state index contributed by atoms with van der Waals surface area (Å²) in [7, 11) is -0.355. The summed E-state index contributed by atoms with van der Waals surface area (Å²) in [6.45, 7) is 7.39. The molecule has 0 radical (unpaired) electrons. The van der Waals surface area contributed by atoms with E-state index < -0.39 is 22.0 Å². The van der Waals surface area contributed by atoms with Crippen molar-refractivity contribution in [2.45, 2.75) is 69.9 Å². The molecule has 15 heteroatoms. The molecular formula is C40H53N7O7S. The number of nitrogens with two attached hydrogens (primary N) is 1. The van der Waals surface area contributed by atoms with Crippen molar-refractivity contribution in [1.82, 2.24) is 19.4 Å². The molecule has 1 aliphatic heterocycles. The summed E-state index contributed by atoms with van der Waals surface area (Å²) >= 11 is 0. The molecule has 0 aliphatic carbocycles. The average molecular weight is 776 g/mol. The molecule has 0 saturated heterocycles. The molecule has 1 aromatic heterocycles. The summed E-state index contributed by atoms with van der Waals surface area (Å²) in [5.74, 6) is -0.480. The van der Waals surface area contributed by atoms with Crippen LogP contribution in [0.5, 0.6) is 5.75 Å². The monoisotopic (exact) mass is 775 g/mol. The number of nitrogens with zero attached hydrogens (tertiary/aromatic N) is 4. The smallest absolute Gasteiger partial charge is 0.280 e. The van der Waals surface area contributed by atoms with E-state index in [4.69, 9.17) is 15.2 Å². The molecule has 4 atom stereocenters. The lowest BCUT2D eigenvalue weighted by molar-refractivity contribution is -0.0177. The molecule has 4 aromatic rings. The van der Waals surface area contributed by atoms with Crippen LogP contribution in [-0.4, -0.2) is 96.3 Å². The van der Waals surface area contributed by atoms with Crippen molar-refractivity contribution in [2.24, 2.45) is 13.0 Å². The number of carbonyl (C=O) groups excluding carboxylic acids is 2. The number of likely N-dealkylation sites (N-methyl/N-ethyl adjacent to an activating group) is 1. The number of amides is 2. The molecule has 55 heavy (non-hydrogen) atoms. The number of hydrogen-bond acceptors (Lipinski definition) is 10. The normalized spacial score (nSPS) is 19.2. The van der Waals surface area contributed by atoms with Crippen LogP contribution in [0.1, 0.15) is 66.3 Å². The first-order valence-corrected chi connectivity index (χ1v) is 20.0. The second kappa shape index (κ2) is 18.6. The lowest BCUT2D eigenvalue weighted by atomic mass is 10.0. The van der Waals surface area contributed by atoms with Crippen LogP contribution in [0.3, 0.4) is 0 Å². The Morgan fingerprint density at radius 3 is 2.55 bits per heavy atom. The molecule has 1 aliphatic rings. The van der Waals surface area contributed by atoms with Gasteiger partial charge in [0.15, 0.2) is 5.03 Å². The van der Waals surface area contributed by atoms with Gasteiger partial charge < -0.3 is 35.1 Å². The molecule has 2 heterocycles. The minimum absolute atomic E-state index is 0.152. The topological polar surface area (TPSA) is 181 Å². The zero-order valence-electron chi connectivity index (χ0n) is 32.1. The fourth-order valence-corrected chi connectivity index (χ4v) is 7.47. The highest BCUT2D eigenvalue weighted by Crippen LogP contribution is 2.29. The molecule has 0 bridgehead atoms. The van der Waals surface area contributed by atoms with Gasteiger partial charge in [0, 0.05) is 56.7 Å². The largest absolute Gasteiger partial charge is 0.490 e. The number of aromatic nitrogens is 2. The second-order valence-electron chi connectivity index (χ2n) is 14.4. The fraction of sp³-hybridized carbons (Fsp3) is 0.425. The summed E-state index contributed by atoms with van der Waals surface area (Å²) < 4.78 is 43.1. The minimum atomic E-state index is -4.03. The third-order valence-corrected chi connectivity index (χ3v) is 10.9. The minimum Gasteiger partial charge on any atom is -0.490 e. The lowest BCUT2D eigenvalue weighted by Gasteiger charge is -2.36. The van der Waals surface area contributed by atoms with Gasteiger partial charge in [-0.2, -0.15) is 8.42 Å². The van der Waals surface area contributed by atoms with E-state index in [0.29, 0.717) is 48.8 Å². The lowest BCUT2D eigenvalue weighted by Crippen LogP contribution is -2.47. The van der Waals surface area contributed by atoms with Crippen LogP contribution in [0, 0.1) is 5.92 Å². The van der Waals surface area contributed by atoms with Crippen molar-refractivity contribution in [1.29, 1.82) is 0 Å². The van der Waals surface area contributed by atoms with Crippen LogP contribution in [-0.2, 0) is 28.4 Å². The number of sulfonamides is 1. The number of aliphatic hydroxyl groups is 1. The van der Waals surface area contributed by atoms with E-state index in [0.717, 1.165) is 18.4 Å². The molecule has 0 spiro atoms. The Morgan fingerprint density at radius 2 is 1.85 bits per heavy atom. The van der Waals surface area contributed by atoms with E-state index in [-0.39, 0.29) is 53.5 Å². The Kier molecular flexibility index (Phi) is 13.9. The van der Waals surface area contributed by atoms with Crippen molar-refractivity contribution in [3.8, 4) is 5.75 Å². The summed E-state index contributed by atoms with van der Waals surface area (Å²) in [6, 6.07) is 18.6. The highest BCUT2D eigenvalue weighted by molar-refractivity contribution is 7.92. The Balaban J connectivity index is 1.33. The Bertz CT molecular complexity index is 2020. The van der Waals surface area contributed by atoms with Gasteiger partial charge in [0.05, 0.1) is 48.1 Å². The number of para-hydroxylation sites is 2. The number of carbonyl (C=O) groups is 2. The molecule has 0 unspecified atom stereocenters. The Morgan fingerprint density at radius 1 is 1.11 bits per heavy atom. The third kappa shape index (κ3) is 11.1. The van der Waals surface area contributed by atoms with Gasteiger partial charge in [-0.05, 0) is 88.2 Å². The van der Waals surface area contributed by atoms with E-state index in [1.165, 1.54) is 23.2 Å². The molecular weight excluding hydrogens is 723 g/mol. The van der Waals surface area contributed by atoms with Crippen molar-refractivity contribution in [3.63, 3.8) is 0 Å². The maximum absolute atomic E-state index is 14.5. The van der Waals surface area contributed by atoms with Gasteiger partial charge >= 0.3 is 0 Å². The van der Waals surface area contributed by atoms with Crippen LogP contribution >= 0.6 is 0 Å². The van der Waals surface area contributed by atoms with E-state index in [2.05, 4.69) is 19.9 Å². The SMILES string of the molecule is C[C@@H]1CCCCO[C@H](CN(C)Cc2ccc(C(=O)Nc3ccccc3N)cc2)[C@@H](C)CN([C@H](C)CO)C(=O)c2cc(NS(=O)(=O)c3cn(C)cn3)ccc2O1. The number of benzene rings is 3.